The molecule has 0 aliphatic rings. The maximum Gasteiger partial charge on any atom is 0.161 e. The summed E-state index contributed by atoms with van der Waals surface area (Å²) in [6, 6.07) is 0. The molecule has 7 heteroatoms. The van der Waals surface area contributed by atoms with Crippen LogP contribution in [-0.2, 0) is 12.8 Å². The van der Waals surface area contributed by atoms with E-state index in [0.29, 0.717) is 0 Å². The zero-order valence-electron chi connectivity index (χ0n) is 9.23. The second kappa shape index (κ2) is 5.42. The Kier molecular flexibility index (Phi) is 3.92. The molecular weight excluding hydrogens is 242 g/mol. The molecule has 1 N–H and O–H groups in total. The van der Waals surface area contributed by atoms with E-state index in [2.05, 4.69) is 32.0 Å². The van der Waals surface area contributed by atoms with Crippen molar-refractivity contribution in [2.45, 2.75) is 19.8 Å². The third-order valence-electron chi connectivity index (χ3n) is 2.14. The topological polar surface area (TPSA) is 63.6 Å². The molecule has 0 atom stereocenters. The van der Waals surface area contributed by atoms with Crippen molar-refractivity contribution < 1.29 is 0 Å². The molecule has 0 aromatic carbocycles. The second-order valence-corrected chi connectivity index (χ2v) is 5.07. The number of hydrogen-bond acceptors (Lipinski definition) is 7. The molecule has 2 heterocycles. The van der Waals surface area contributed by atoms with E-state index in [1.165, 1.54) is 11.5 Å². The first kappa shape index (κ1) is 11.6. The standard InChI is InChI=1S/C9H13N5S2/c1-3-6-8(16-14-11-6)9-13-12-7(15-9)4-5-10-2/h10H,3-5H2,1-2H3. The number of hydrogen-bond donors (Lipinski definition) is 1. The highest BCUT2D eigenvalue weighted by molar-refractivity contribution is 7.19. The number of aryl methyl sites for hydroxylation is 1. The fourth-order valence-electron chi connectivity index (χ4n) is 1.28. The van der Waals surface area contributed by atoms with Gasteiger partial charge >= 0.3 is 0 Å². The van der Waals surface area contributed by atoms with Crippen LogP contribution in [0.5, 0.6) is 0 Å². The van der Waals surface area contributed by atoms with E-state index < -0.39 is 0 Å². The van der Waals surface area contributed by atoms with Gasteiger partial charge in [0.05, 0.1) is 5.69 Å². The number of rotatable bonds is 5. The first-order valence-corrected chi connectivity index (χ1v) is 6.72. The lowest BCUT2D eigenvalue weighted by atomic mass is 10.3. The monoisotopic (exact) mass is 255 g/mol. The minimum Gasteiger partial charge on any atom is -0.319 e. The summed E-state index contributed by atoms with van der Waals surface area (Å²) in [5.41, 5.74) is 1.02. The van der Waals surface area contributed by atoms with Crippen molar-refractivity contribution in [3.63, 3.8) is 0 Å². The molecule has 0 aliphatic heterocycles. The lowest BCUT2D eigenvalue weighted by Crippen LogP contribution is -2.09. The van der Waals surface area contributed by atoms with Gasteiger partial charge in [0.1, 0.15) is 9.88 Å². The Bertz CT molecular complexity index is 450. The van der Waals surface area contributed by atoms with E-state index in [9.17, 15) is 0 Å². The quantitative estimate of drug-likeness (QED) is 0.874. The number of nitrogens with one attached hydrogen (secondary N) is 1. The zero-order chi connectivity index (χ0) is 11.4. The Morgan fingerprint density at radius 1 is 1.25 bits per heavy atom. The van der Waals surface area contributed by atoms with E-state index in [0.717, 1.165) is 40.0 Å². The molecule has 2 aromatic heterocycles. The molecule has 5 nitrogen and oxygen atoms in total. The van der Waals surface area contributed by atoms with Crippen LogP contribution < -0.4 is 5.32 Å². The zero-order valence-corrected chi connectivity index (χ0v) is 10.9. The molecule has 0 aliphatic carbocycles. The maximum absolute atomic E-state index is 4.19. The molecule has 0 saturated heterocycles. The van der Waals surface area contributed by atoms with Gasteiger partial charge in [0.2, 0.25) is 0 Å². The van der Waals surface area contributed by atoms with Gasteiger partial charge in [0.15, 0.2) is 5.01 Å². The highest BCUT2D eigenvalue weighted by atomic mass is 32.1. The molecule has 0 amide bonds. The van der Waals surface area contributed by atoms with Crippen LogP contribution in [0.3, 0.4) is 0 Å². The van der Waals surface area contributed by atoms with Crippen molar-refractivity contribution in [3.05, 3.63) is 10.7 Å². The molecule has 2 aromatic rings. The average Bonchev–Trinajstić information content (AvgIpc) is 2.94. The Hall–Kier alpha value is -0.920. The van der Waals surface area contributed by atoms with Crippen LogP contribution in [0.25, 0.3) is 9.88 Å². The first-order chi connectivity index (χ1) is 7.85. The number of likely N-dealkylation sites (N-methyl/N-ethyl adjacent to an activating group) is 1. The summed E-state index contributed by atoms with van der Waals surface area (Å²) in [5.74, 6) is 0. The third kappa shape index (κ3) is 2.42. The summed E-state index contributed by atoms with van der Waals surface area (Å²) in [5, 5.41) is 17.5. The van der Waals surface area contributed by atoms with Crippen LogP contribution in [0.4, 0.5) is 0 Å². The molecule has 0 saturated carbocycles. The summed E-state index contributed by atoms with van der Waals surface area (Å²) in [7, 11) is 1.93. The average molecular weight is 255 g/mol. The van der Waals surface area contributed by atoms with Crippen molar-refractivity contribution in [2.75, 3.05) is 13.6 Å². The number of aromatic nitrogens is 4. The van der Waals surface area contributed by atoms with Gasteiger partial charge in [0.25, 0.3) is 0 Å². The molecule has 0 radical (unpaired) electrons. The van der Waals surface area contributed by atoms with Crippen LogP contribution in [0.1, 0.15) is 17.6 Å². The van der Waals surface area contributed by atoms with E-state index in [-0.39, 0.29) is 0 Å². The van der Waals surface area contributed by atoms with Crippen molar-refractivity contribution in [1.29, 1.82) is 0 Å². The van der Waals surface area contributed by atoms with Crippen LogP contribution in [0, 0.1) is 0 Å². The van der Waals surface area contributed by atoms with Crippen LogP contribution in [0.2, 0.25) is 0 Å². The SMILES string of the molecule is CCc1nnsc1-c1nnc(CCNC)s1. The van der Waals surface area contributed by atoms with E-state index in [4.69, 9.17) is 0 Å². The van der Waals surface area contributed by atoms with Crippen molar-refractivity contribution in [3.8, 4) is 9.88 Å². The van der Waals surface area contributed by atoms with Gasteiger partial charge in [-0.2, -0.15) is 0 Å². The van der Waals surface area contributed by atoms with Crippen molar-refractivity contribution >= 4 is 22.9 Å². The first-order valence-electron chi connectivity index (χ1n) is 5.13. The van der Waals surface area contributed by atoms with Gasteiger partial charge in [-0.1, -0.05) is 22.7 Å². The van der Waals surface area contributed by atoms with Crippen molar-refractivity contribution in [1.82, 2.24) is 25.1 Å². The van der Waals surface area contributed by atoms with Gasteiger partial charge in [0, 0.05) is 13.0 Å². The maximum atomic E-state index is 4.19. The highest BCUT2D eigenvalue weighted by Gasteiger charge is 2.13. The summed E-state index contributed by atoms with van der Waals surface area (Å²) >= 11 is 3.02. The molecule has 2 rings (SSSR count). The largest absolute Gasteiger partial charge is 0.319 e. The molecule has 0 spiro atoms. The summed E-state index contributed by atoms with van der Waals surface area (Å²) in [6.07, 6.45) is 1.80. The van der Waals surface area contributed by atoms with Crippen LogP contribution >= 0.6 is 22.9 Å². The van der Waals surface area contributed by atoms with Gasteiger partial charge in [-0.05, 0) is 25.0 Å². The molecule has 0 bridgehead atoms. The molecule has 86 valence electrons. The van der Waals surface area contributed by atoms with Gasteiger partial charge < -0.3 is 5.32 Å². The van der Waals surface area contributed by atoms with Crippen LogP contribution in [-0.4, -0.2) is 33.4 Å². The van der Waals surface area contributed by atoms with Crippen LogP contribution in [0.15, 0.2) is 0 Å². The fourth-order valence-corrected chi connectivity index (χ4v) is 2.95. The highest BCUT2D eigenvalue weighted by Crippen LogP contribution is 2.29. The van der Waals surface area contributed by atoms with Gasteiger partial charge in [-0.15, -0.1) is 15.3 Å². The van der Waals surface area contributed by atoms with Gasteiger partial charge in [-0.3, -0.25) is 0 Å². The lowest BCUT2D eigenvalue weighted by molar-refractivity contribution is 0.779. The molecule has 0 unspecified atom stereocenters. The van der Waals surface area contributed by atoms with Gasteiger partial charge in [-0.25, -0.2) is 0 Å². The molecule has 16 heavy (non-hydrogen) atoms. The smallest absolute Gasteiger partial charge is 0.161 e. The number of nitrogens with zero attached hydrogens (tertiary/aromatic N) is 4. The summed E-state index contributed by atoms with van der Waals surface area (Å²) in [6.45, 7) is 3.00. The lowest BCUT2D eigenvalue weighted by Gasteiger charge is -1.92. The molecular formula is C9H13N5S2. The normalized spacial score (nSPS) is 10.9. The summed E-state index contributed by atoms with van der Waals surface area (Å²) in [4.78, 5) is 1.07. The minimum atomic E-state index is 0.886. The third-order valence-corrected chi connectivity index (χ3v) is 4.05. The Balaban J connectivity index is 2.18. The molecule has 0 fully saturated rings. The van der Waals surface area contributed by atoms with E-state index in [1.807, 2.05) is 7.05 Å². The Labute approximate surface area is 102 Å². The van der Waals surface area contributed by atoms with E-state index in [1.54, 1.807) is 11.3 Å². The summed E-state index contributed by atoms with van der Waals surface area (Å²) < 4.78 is 3.96. The second-order valence-electron chi connectivity index (χ2n) is 3.26. The predicted octanol–water partition coefficient (Wildman–Crippen LogP) is 1.38. The Morgan fingerprint density at radius 3 is 2.88 bits per heavy atom. The predicted molar refractivity (Wildman–Crippen MR) is 65.8 cm³/mol. The minimum absolute atomic E-state index is 0.886. The van der Waals surface area contributed by atoms with E-state index >= 15 is 0 Å². The van der Waals surface area contributed by atoms with Crippen molar-refractivity contribution in [2.24, 2.45) is 0 Å². The Morgan fingerprint density at radius 2 is 2.12 bits per heavy atom. The fraction of sp³-hybridized carbons (Fsp3) is 0.556.